The molecule has 1 aromatic rings. The lowest BCUT2D eigenvalue weighted by Gasteiger charge is -2.08. The lowest BCUT2D eigenvalue weighted by molar-refractivity contribution is 0.139. The molecular weight excluding hydrogens is 182 g/mol. The number of nitrogens with two attached hydrogens (primary N) is 1. The molecule has 0 bridgehead atoms. The maximum atomic E-state index is 5.39. The fourth-order valence-electron chi connectivity index (χ4n) is 1.60. The summed E-state index contributed by atoms with van der Waals surface area (Å²) in [6, 6.07) is 3.93. The van der Waals surface area contributed by atoms with Gasteiger partial charge in [0.15, 0.2) is 11.5 Å². The minimum atomic E-state index is 0.301. The second-order valence-electron chi connectivity index (χ2n) is 3.22. The van der Waals surface area contributed by atoms with Crippen molar-refractivity contribution in [3.05, 3.63) is 23.3 Å². The van der Waals surface area contributed by atoms with Crippen molar-refractivity contribution in [2.45, 2.75) is 13.3 Å². The third-order valence-corrected chi connectivity index (χ3v) is 2.35. The highest BCUT2D eigenvalue weighted by molar-refractivity contribution is 5.51. The predicted molar refractivity (Wildman–Crippen MR) is 51.1 cm³/mol. The first-order valence-corrected chi connectivity index (χ1v) is 4.52. The van der Waals surface area contributed by atoms with E-state index in [4.69, 9.17) is 15.4 Å². The van der Waals surface area contributed by atoms with Crippen LogP contribution in [0.3, 0.4) is 0 Å². The molecule has 0 saturated carbocycles. The SMILES string of the molecule is Cc1ccc2c(c1CCON)OCO2. The van der Waals surface area contributed by atoms with Gasteiger partial charge in [-0.25, -0.2) is 5.90 Å². The number of fused-ring (bicyclic) bond motifs is 1. The Hall–Kier alpha value is -1.26. The van der Waals surface area contributed by atoms with Gasteiger partial charge in [0.2, 0.25) is 6.79 Å². The number of hydrogen-bond donors (Lipinski definition) is 1. The van der Waals surface area contributed by atoms with Gasteiger partial charge < -0.3 is 14.3 Å². The van der Waals surface area contributed by atoms with E-state index in [-0.39, 0.29) is 0 Å². The molecule has 0 fully saturated rings. The fraction of sp³-hybridized carbons (Fsp3) is 0.400. The summed E-state index contributed by atoms with van der Waals surface area (Å²) in [5.74, 6) is 6.64. The Balaban J connectivity index is 2.31. The van der Waals surface area contributed by atoms with E-state index in [9.17, 15) is 0 Å². The number of hydrogen-bond acceptors (Lipinski definition) is 4. The standard InChI is InChI=1S/C10H13NO3/c1-7-2-3-9-10(13-6-12-9)8(7)4-5-14-11/h2-3H,4-6,11H2,1H3. The highest BCUT2D eigenvalue weighted by atomic mass is 16.7. The lowest BCUT2D eigenvalue weighted by atomic mass is 10.0. The van der Waals surface area contributed by atoms with E-state index in [0.717, 1.165) is 23.5 Å². The molecule has 4 heteroatoms. The molecule has 4 nitrogen and oxygen atoms in total. The highest BCUT2D eigenvalue weighted by Crippen LogP contribution is 2.37. The summed E-state index contributed by atoms with van der Waals surface area (Å²) in [5.41, 5.74) is 2.29. The first-order chi connectivity index (χ1) is 6.83. The summed E-state index contributed by atoms with van der Waals surface area (Å²) in [6.45, 7) is 2.82. The average molecular weight is 195 g/mol. The summed E-state index contributed by atoms with van der Waals surface area (Å²) >= 11 is 0. The first kappa shape index (κ1) is 9.30. The molecule has 1 aliphatic heterocycles. The van der Waals surface area contributed by atoms with Gasteiger partial charge in [-0.1, -0.05) is 6.07 Å². The number of aryl methyl sites for hydroxylation is 1. The van der Waals surface area contributed by atoms with E-state index < -0.39 is 0 Å². The van der Waals surface area contributed by atoms with Gasteiger partial charge in [-0.2, -0.15) is 0 Å². The average Bonchev–Trinajstić information content (AvgIpc) is 2.64. The van der Waals surface area contributed by atoms with Crippen LogP contribution in [0.25, 0.3) is 0 Å². The molecule has 0 amide bonds. The van der Waals surface area contributed by atoms with Crippen LogP contribution >= 0.6 is 0 Å². The van der Waals surface area contributed by atoms with E-state index in [1.807, 2.05) is 19.1 Å². The Morgan fingerprint density at radius 1 is 1.43 bits per heavy atom. The molecule has 1 heterocycles. The molecule has 0 spiro atoms. The normalized spacial score (nSPS) is 13.3. The van der Waals surface area contributed by atoms with Gasteiger partial charge in [0.1, 0.15) is 0 Å². The third-order valence-electron chi connectivity index (χ3n) is 2.35. The zero-order chi connectivity index (χ0) is 9.97. The van der Waals surface area contributed by atoms with Crippen molar-refractivity contribution in [3.8, 4) is 11.5 Å². The highest BCUT2D eigenvalue weighted by Gasteiger charge is 2.18. The molecule has 0 unspecified atom stereocenters. The van der Waals surface area contributed by atoms with Crippen LogP contribution in [-0.2, 0) is 11.3 Å². The number of rotatable bonds is 3. The molecule has 0 aliphatic carbocycles. The van der Waals surface area contributed by atoms with E-state index in [1.54, 1.807) is 0 Å². The molecule has 2 N–H and O–H groups in total. The van der Waals surface area contributed by atoms with Crippen LogP contribution in [0.2, 0.25) is 0 Å². The van der Waals surface area contributed by atoms with E-state index in [0.29, 0.717) is 13.4 Å². The van der Waals surface area contributed by atoms with E-state index in [1.165, 1.54) is 5.56 Å². The van der Waals surface area contributed by atoms with Crippen molar-refractivity contribution in [2.75, 3.05) is 13.4 Å². The van der Waals surface area contributed by atoms with Crippen molar-refractivity contribution < 1.29 is 14.3 Å². The van der Waals surface area contributed by atoms with Gasteiger partial charge in [0.05, 0.1) is 6.61 Å². The predicted octanol–water partition coefficient (Wildman–Crippen LogP) is 1.16. The van der Waals surface area contributed by atoms with Gasteiger partial charge in [-0.05, 0) is 18.6 Å². The fourth-order valence-corrected chi connectivity index (χ4v) is 1.60. The summed E-state index contributed by atoms with van der Waals surface area (Å²) in [6.07, 6.45) is 0.745. The smallest absolute Gasteiger partial charge is 0.231 e. The van der Waals surface area contributed by atoms with Crippen molar-refractivity contribution in [1.29, 1.82) is 0 Å². The molecule has 2 rings (SSSR count). The second-order valence-corrected chi connectivity index (χ2v) is 3.22. The molecule has 1 aromatic carbocycles. The Kier molecular flexibility index (Phi) is 2.56. The van der Waals surface area contributed by atoms with Gasteiger partial charge >= 0.3 is 0 Å². The van der Waals surface area contributed by atoms with Gasteiger partial charge in [0.25, 0.3) is 0 Å². The Labute approximate surface area is 82.5 Å². The maximum absolute atomic E-state index is 5.39. The van der Waals surface area contributed by atoms with Crippen LogP contribution < -0.4 is 15.4 Å². The summed E-state index contributed by atoms with van der Waals surface area (Å²) < 4.78 is 10.7. The van der Waals surface area contributed by atoms with Crippen molar-refractivity contribution in [3.63, 3.8) is 0 Å². The first-order valence-electron chi connectivity index (χ1n) is 4.52. The van der Waals surface area contributed by atoms with E-state index in [2.05, 4.69) is 4.84 Å². The quantitative estimate of drug-likeness (QED) is 0.735. The van der Waals surface area contributed by atoms with Crippen LogP contribution in [0.1, 0.15) is 11.1 Å². The Morgan fingerprint density at radius 3 is 3.07 bits per heavy atom. The van der Waals surface area contributed by atoms with Crippen LogP contribution in [0, 0.1) is 6.92 Å². The summed E-state index contributed by atoms with van der Waals surface area (Å²) in [4.78, 5) is 4.56. The zero-order valence-corrected chi connectivity index (χ0v) is 8.08. The molecular formula is C10H13NO3. The molecule has 76 valence electrons. The molecule has 0 saturated heterocycles. The number of benzene rings is 1. The summed E-state index contributed by atoms with van der Waals surface area (Å²) in [7, 11) is 0. The van der Waals surface area contributed by atoms with Crippen molar-refractivity contribution >= 4 is 0 Å². The van der Waals surface area contributed by atoms with Crippen molar-refractivity contribution in [2.24, 2.45) is 5.90 Å². The molecule has 0 atom stereocenters. The minimum absolute atomic E-state index is 0.301. The Bertz CT molecular complexity index is 338. The third kappa shape index (κ3) is 1.54. The molecule has 1 aliphatic rings. The van der Waals surface area contributed by atoms with Gasteiger partial charge in [-0.3, -0.25) is 0 Å². The Morgan fingerprint density at radius 2 is 2.29 bits per heavy atom. The monoisotopic (exact) mass is 195 g/mol. The minimum Gasteiger partial charge on any atom is -0.454 e. The van der Waals surface area contributed by atoms with Gasteiger partial charge in [-0.15, -0.1) is 0 Å². The molecule has 0 aromatic heterocycles. The van der Waals surface area contributed by atoms with Crippen LogP contribution in [0.4, 0.5) is 0 Å². The van der Waals surface area contributed by atoms with Crippen LogP contribution in [-0.4, -0.2) is 13.4 Å². The largest absolute Gasteiger partial charge is 0.454 e. The van der Waals surface area contributed by atoms with Crippen LogP contribution in [0.15, 0.2) is 12.1 Å². The molecule has 0 radical (unpaired) electrons. The number of ether oxygens (including phenoxy) is 2. The second kappa shape index (κ2) is 3.86. The van der Waals surface area contributed by atoms with E-state index >= 15 is 0 Å². The molecule has 14 heavy (non-hydrogen) atoms. The van der Waals surface area contributed by atoms with Crippen molar-refractivity contribution in [1.82, 2.24) is 0 Å². The summed E-state index contributed by atoms with van der Waals surface area (Å²) in [5, 5.41) is 0. The topological polar surface area (TPSA) is 53.7 Å². The lowest BCUT2D eigenvalue weighted by Crippen LogP contribution is -2.05. The zero-order valence-electron chi connectivity index (χ0n) is 8.08. The maximum Gasteiger partial charge on any atom is 0.231 e. The van der Waals surface area contributed by atoms with Crippen LogP contribution in [0.5, 0.6) is 11.5 Å². The van der Waals surface area contributed by atoms with Gasteiger partial charge in [0, 0.05) is 12.0 Å².